The molecule has 98 valence electrons. The van der Waals surface area contributed by atoms with Crippen molar-refractivity contribution in [2.24, 2.45) is 0 Å². The lowest BCUT2D eigenvalue weighted by Gasteiger charge is -2.09. The Hall–Kier alpha value is -2.00. The molecule has 2 rings (SSSR count). The minimum absolute atomic E-state index is 0.0304. The van der Waals surface area contributed by atoms with Crippen molar-refractivity contribution in [3.8, 4) is 5.75 Å². The van der Waals surface area contributed by atoms with Crippen LogP contribution in [-0.4, -0.2) is 12.5 Å². The van der Waals surface area contributed by atoms with Gasteiger partial charge in [-0.25, -0.2) is 0 Å². The highest BCUT2D eigenvalue weighted by molar-refractivity contribution is 6.30. The minimum Gasteiger partial charge on any atom is -0.483 e. The maximum atomic E-state index is 11.7. The molecule has 1 amide bonds. The Kier molecular flexibility index (Phi) is 4.42. The summed E-state index contributed by atoms with van der Waals surface area (Å²) in [6, 6.07) is 14.6. The number of anilines is 1. The van der Waals surface area contributed by atoms with Crippen molar-refractivity contribution in [3.63, 3.8) is 0 Å². The Bertz CT molecular complexity index is 584. The van der Waals surface area contributed by atoms with E-state index < -0.39 is 0 Å². The number of halogens is 1. The van der Waals surface area contributed by atoms with Crippen molar-refractivity contribution >= 4 is 23.2 Å². The topological polar surface area (TPSA) is 38.3 Å². The van der Waals surface area contributed by atoms with E-state index in [-0.39, 0.29) is 12.5 Å². The molecule has 0 spiro atoms. The number of carbonyl (C=O) groups is 1. The van der Waals surface area contributed by atoms with Gasteiger partial charge >= 0.3 is 0 Å². The SMILES string of the molecule is Cc1ccccc1OCC(=O)Nc1cccc(Cl)c1. The van der Waals surface area contributed by atoms with Crippen LogP contribution < -0.4 is 10.1 Å². The smallest absolute Gasteiger partial charge is 0.262 e. The Morgan fingerprint density at radius 1 is 1.21 bits per heavy atom. The lowest BCUT2D eigenvalue weighted by atomic mass is 10.2. The van der Waals surface area contributed by atoms with E-state index in [1.165, 1.54) is 0 Å². The van der Waals surface area contributed by atoms with Crippen LogP contribution in [0.5, 0.6) is 5.75 Å². The summed E-state index contributed by atoms with van der Waals surface area (Å²) in [5, 5.41) is 3.31. The standard InChI is InChI=1S/C15H14ClNO2/c1-11-5-2-3-8-14(11)19-10-15(18)17-13-7-4-6-12(16)9-13/h2-9H,10H2,1H3,(H,17,18). The fourth-order valence-electron chi connectivity index (χ4n) is 1.62. The lowest BCUT2D eigenvalue weighted by Crippen LogP contribution is -2.20. The van der Waals surface area contributed by atoms with E-state index in [0.717, 1.165) is 5.56 Å². The molecular weight excluding hydrogens is 262 g/mol. The zero-order chi connectivity index (χ0) is 13.7. The van der Waals surface area contributed by atoms with Crippen LogP contribution in [-0.2, 0) is 4.79 Å². The number of hydrogen-bond acceptors (Lipinski definition) is 2. The Morgan fingerprint density at radius 3 is 2.74 bits per heavy atom. The number of hydrogen-bond donors (Lipinski definition) is 1. The molecule has 0 unspecified atom stereocenters. The molecule has 0 atom stereocenters. The molecule has 0 saturated heterocycles. The predicted octanol–water partition coefficient (Wildman–Crippen LogP) is 3.67. The highest BCUT2D eigenvalue weighted by Crippen LogP contribution is 2.17. The van der Waals surface area contributed by atoms with Crippen molar-refractivity contribution in [1.82, 2.24) is 0 Å². The number of rotatable bonds is 4. The quantitative estimate of drug-likeness (QED) is 0.925. The van der Waals surface area contributed by atoms with Crippen LogP contribution in [0.4, 0.5) is 5.69 Å². The van der Waals surface area contributed by atoms with E-state index in [9.17, 15) is 4.79 Å². The molecule has 2 aromatic rings. The Morgan fingerprint density at radius 2 is 2.00 bits per heavy atom. The lowest BCUT2D eigenvalue weighted by molar-refractivity contribution is -0.118. The molecule has 4 heteroatoms. The van der Waals surface area contributed by atoms with Gasteiger partial charge < -0.3 is 10.1 Å². The van der Waals surface area contributed by atoms with Gasteiger partial charge in [-0.2, -0.15) is 0 Å². The monoisotopic (exact) mass is 275 g/mol. The van der Waals surface area contributed by atoms with Crippen LogP contribution in [0.25, 0.3) is 0 Å². The predicted molar refractivity (Wildman–Crippen MR) is 76.8 cm³/mol. The molecule has 0 fully saturated rings. The summed E-state index contributed by atoms with van der Waals surface area (Å²) in [5.41, 5.74) is 1.66. The number of benzene rings is 2. The van der Waals surface area contributed by atoms with Crippen molar-refractivity contribution in [3.05, 3.63) is 59.1 Å². The highest BCUT2D eigenvalue weighted by Gasteiger charge is 2.05. The highest BCUT2D eigenvalue weighted by atomic mass is 35.5. The first-order valence-electron chi connectivity index (χ1n) is 5.89. The van der Waals surface area contributed by atoms with E-state index in [1.54, 1.807) is 24.3 Å². The van der Waals surface area contributed by atoms with Gasteiger partial charge in [-0.05, 0) is 36.8 Å². The molecule has 3 nitrogen and oxygen atoms in total. The number of amides is 1. The second-order valence-corrected chi connectivity index (χ2v) is 4.55. The molecule has 19 heavy (non-hydrogen) atoms. The summed E-state index contributed by atoms with van der Waals surface area (Å²) >= 11 is 5.84. The third kappa shape index (κ3) is 4.00. The number of ether oxygens (including phenoxy) is 1. The molecule has 2 aromatic carbocycles. The van der Waals surface area contributed by atoms with E-state index >= 15 is 0 Å². The fraction of sp³-hybridized carbons (Fsp3) is 0.133. The number of para-hydroxylation sites is 1. The molecule has 0 saturated carbocycles. The second-order valence-electron chi connectivity index (χ2n) is 4.11. The first-order chi connectivity index (χ1) is 9.15. The summed E-state index contributed by atoms with van der Waals surface area (Å²) in [5.74, 6) is 0.495. The maximum absolute atomic E-state index is 11.7. The van der Waals surface area contributed by atoms with Crippen LogP contribution in [0.15, 0.2) is 48.5 Å². The van der Waals surface area contributed by atoms with Gasteiger partial charge in [0, 0.05) is 10.7 Å². The second kappa shape index (κ2) is 6.25. The van der Waals surface area contributed by atoms with Crippen molar-refractivity contribution in [1.29, 1.82) is 0 Å². The Balaban J connectivity index is 1.90. The van der Waals surface area contributed by atoms with Crippen LogP contribution >= 0.6 is 11.6 Å². The summed E-state index contributed by atoms with van der Waals surface area (Å²) in [6.45, 7) is 1.90. The maximum Gasteiger partial charge on any atom is 0.262 e. The van der Waals surface area contributed by atoms with Crippen molar-refractivity contribution < 1.29 is 9.53 Å². The molecule has 1 N–H and O–H groups in total. The molecular formula is C15H14ClNO2. The average Bonchev–Trinajstić information content (AvgIpc) is 2.38. The summed E-state index contributed by atoms with van der Waals surface area (Å²) in [4.78, 5) is 11.7. The number of carbonyl (C=O) groups excluding carboxylic acids is 1. The summed E-state index contributed by atoms with van der Waals surface area (Å²) in [7, 11) is 0. The van der Waals surface area contributed by atoms with Gasteiger partial charge in [0.2, 0.25) is 0 Å². The van der Waals surface area contributed by atoms with Gasteiger partial charge in [0.15, 0.2) is 6.61 Å². The first-order valence-corrected chi connectivity index (χ1v) is 6.27. The van der Waals surface area contributed by atoms with Crippen LogP contribution in [0.3, 0.4) is 0 Å². The van der Waals surface area contributed by atoms with Gasteiger partial charge in [-0.1, -0.05) is 35.9 Å². The normalized spacial score (nSPS) is 10.0. The Labute approximate surface area is 117 Å². The summed E-state index contributed by atoms with van der Waals surface area (Å²) < 4.78 is 5.46. The zero-order valence-electron chi connectivity index (χ0n) is 10.5. The zero-order valence-corrected chi connectivity index (χ0v) is 11.3. The van der Waals surface area contributed by atoms with Crippen LogP contribution in [0.2, 0.25) is 5.02 Å². The van der Waals surface area contributed by atoms with Crippen LogP contribution in [0, 0.1) is 6.92 Å². The number of nitrogens with one attached hydrogen (secondary N) is 1. The van der Waals surface area contributed by atoms with Crippen molar-refractivity contribution in [2.45, 2.75) is 6.92 Å². The third-order valence-corrected chi connectivity index (χ3v) is 2.80. The van der Waals surface area contributed by atoms with Gasteiger partial charge in [0.25, 0.3) is 5.91 Å². The number of aryl methyl sites for hydroxylation is 1. The summed E-state index contributed by atoms with van der Waals surface area (Å²) in [6.07, 6.45) is 0. The van der Waals surface area contributed by atoms with E-state index in [1.807, 2.05) is 31.2 Å². The van der Waals surface area contributed by atoms with E-state index in [2.05, 4.69) is 5.32 Å². The molecule has 0 aliphatic carbocycles. The van der Waals surface area contributed by atoms with Gasteiger partial charge in [-0.15, -0.1) is 0 Å². The fourth-order valence-corrected chi connectivity index (χ4v) is 1.82. The van der Waals surface area contributed by atoms with Crippen molar-refractivity contribution in [2.75, 3.05) is 11.9 Å². The largest absolute Gasteiger partial charge is 0.483 e. The van der Waals surface area contributed by atoms with E-state index in [4.69, 9.17) is 16.3 Å². The van der Waals surface area contributed by atoms with Gasteiger partial charge in [0.05, 0.1) is 0 Å². The molecule has 0 heterocycles. The molecule has 0 aliphatic rings. The first kappa shape index (κ1) is 13.4. The van der Waals surface area contributed by atoms with E-state index in [0.29, 0.717) is 16.5 Å². The van der Waals surface area contributed by atoms with Gasteiger partial charge in [-0.3, -0.25) is 4.79 Å². The minimum atomic E-state index is -0.217. The molecule has 0 aromatic heterocycles. The molecule has 0 bridgehead atoms. The molecule has 0 radical (unpaired) electrons. The average molecular weight is 276 g/mol. The van der Waals surface area contributed by atoms with Crippen LogP contribution in [0.1, 0.15) is 5.56 Å². The third-order valence-electron chi connectivity index (χ3n) is 2.56. The van der Waals surface area contributed by atoms with Gasteiger partial charge in [0.1, 0.15) is 5.75 Å². The molecule has 0 aliphatic heterocycles.